The van der Waals surface area contributed by atoms with Crippen molar-refractivity contribution in [2.24, 2.45) is 5.73 Å². The molecule has 0 fully saturated rings. The number of fused-ring (bicyclic) bond motifs is 1. The molecular formula is C11H11NOS. The molecule has 72 valence electrons. The maximum absolute atomic E-state index is 11.1. The Morgan fingerprint density at radius 2 is 2.07 bits per heavy atom. The fraction of sp³-hybridized carbons (Fsp3) is 0.182. The lowest BCUT2D eigenvalue weighted by Crippen LogP contribution is -2.09. The Morgan fingerprint density at radius 1 is 1.36 bits per heavy atom. The minimum absolute atomic E-state index is 0.332. The van der Waals surface area contributed by atoms with Crippen LogP contribution in [0.3, 0.4) is 0 Å². The number of hydrogen-bond acceptors (Lipinski definition) is 2. The van der Waals surface area contributed by atoms with Gasteiger partial charge in [-0.3, -0.25) is 4.79 Å². The summed E-state index contributed by atoms with van der Waals surface area (Å²) in [6.45, 7) is 3.98. The quantitative estimate of drug-likeness (QED) is 0.764. The molecule has 0 saturated carbocycles. The fourth-order valence-electron chi connectivity index (χ4n) is 1.57. The monoisotopic (exact) mass is 205 g/mol. The number of carbonyl (C=O) groups is 1. The molecule has 0 aliphatic carbocycles. The zero-order valence-electron chi connectivity index (χ0n) is 8.13. The van der Waals surface area contributed by atoms with Crippen molar-refractivity contribution in [1.82, 2.24) is 0 Å². The summed E-state index contributed by atoms with van der Waals surface area (Å²) >= 11 is 1.47. The van der Waals surface area contributed by atoms with Crippen LogP contribution in [0.4, 0.5) is 0 Å². The highest BCUT2D eigenvalue weighted by atomic mass is 32.1. The van der Waals surface area contributed by atoms with Gasteiger partial charge >= 0.3 is 0 Å². The summed E-state index contributed by atoms with van der Waals surface area (Å²) in [7, 11) is 0. The summed E-state index contributed by atoms with van der Waals surface area (Å²) in [4.78, 5) is 11.8. The molecule has 0 unspecified atom stereocenters. The van der Waals surface area contributed by atoms with Crippen molar-refractivity contribution in [3.63, 3.8) is 0 Å². The highest BCUT2D eigenvalue weighted by Crippen LogP contribution is 2.30. The third-order valence-electron chi connectivity index (χ3n) is 2.32. The molecule has 1 aromatic carbocycles. The zero-order chi connectivity index (χ0) is 10.3. The van der Waals surface area contributed by atoms with E-state index in [2.05, 4.69) is 6.07 Å². The molecule has 0 spiro atoms. The van der Waals surface area contributed by atoms with Crippen molar-refractivity contribution < 1.29 is 4.79 Å². The lowest BCUT2D eigenvalue weighted by Gasteiger charge is -1.94. The summed E-state index contributed by atoms with van der Waals surface area (Å²) in [5.41, 5.74) is 7.49. The van der Waals surface area contributed by atoms with Crippen LogP contribution in [-0.2, 0) is 0 Å². The van der Waals surface area contributed by atoms with Gasteiger partial charge in [0.05, 0.1) is 4.88 Å². The van der Waals surface area contributed by atoms with E-state index >= 15 is 0 Å². The molecule has 2 nitrogen and oxygen atoms in total. The Morgan fingerprint density at radius 3 is 2.71 bits per heavy atom. The number of aryl methyl sites for hydroxylation is 2. The van der Waals surface area contributed by atoms with Gasteiger partial charge in [-0.25, -0.2) is 0 Å². The number of carbonyl (C=O) groups excluding carboxylic acids is 1. The van der Waals surface area contributed by atoms with Crippen molar-refractivity contribution in [2.45, 2.75) is 13.8 Å². The summed E-state index contributed by atoms with van der Waals surface area (Å²) < 4.78 is 1.13. The fourth-order valence-corrected chi connectivity index (χ4v) is 2.61. The van der Waals surface area contributed by atoms with Gasteiger partial charge in [-0.1, -0.05) is 17.7 Å². The van der Waals surface area contributed by atoms with E-state index in [-0.39, 0.29) is 5.91 Å². The Hall–Kier alpha value is -1.35. The molecule has 2 rings (SSSR count). The lowest BCUT2D eigenvalue weighted by atomic mass is 10.1. The molecule has 0 atom stereocenters. The van der Waals surface area contributed by atoms with Gasteiger partial charge < -0.3 is 5.73 Å². The van der Waals surface area contributed by atoms with E-state index in [0.717, 1.165) is 15.6 Å². The van der Waals surface area contributed by atoms with Gasteiger partial charge in [0, 0.05) is 4.70 Å². The van der Waals surface area contributed by atoms with Crippen LogP contribution in [0, 0.1) is 13.8 Å². The number of nitrogens with two attached hydrogens (primary N) is 1. The van der Waals surface area contributed by atoms with Crippen LogP contribution < -0.4 is 5.73 Å². The SMILES string of the molecule is Cc1ccc2sc(C(N)=O)c(C)c2c1. The predicted molar refractivity (Wildman–Crippen MR) is 59.8 cm³/mol. The van der Waals surface area contributed by atoms with E-state index in [4.69, 9.17) is 5.73 Å². The number of primary amides is 1. The molecule has 3 heteroatoms. The van der Waals surface area contributed by atoms with Crippen molar-refractivity contribution in [2.75, 3.05) is 0 Å². The van der Waals surface area contributed by atoms with Gasteiger partial charge in [-0.15, -0.1) is 11.3 Å². The molecule has 0 aliphatic heterocycles. The number of rotatable bonds is 1. The summed E-state index contributed by atoms with van der Waals surface area (Å²) in [5.74, 6) is -0.332. The molecule has 1 aromatic heterocycles. The highest BCUT2D eigenvalue weighted by Gasteiger charge is 2.12. The molecule has 1 heterocycles. The molecular weight excluding hydrogens is 194 g/mol. The Balaban J connectivity index is 2.80. The van der Waals surface area contributed by atoms with E-state index in [0.29, 0.717) is 4.88 Å². The number of hydrogen-bond donors (Lipinski definition) is 1. The molecule has 0 saturated heterocycles. The molecule has 0 bridgehead atoms. The van der Waals surface area contributed by atoms with Crippen LogP contribution in [0.1, 0.15) is 20.8 Å². The second-order valence-electron chi connectivity index (χ2n) is 3.42. The lowest BCUT2D eigenvalue weighted by molar-refractivity contribution is 0.100. The van der Waals surface area contributed by atoms with Gasteiger partial charge in [-0.2, -0.15) is 0 Å². The average molecular weight is 205 g/mol. The van der Waals surface area contributed by atoms with Gasteiger partial charge in [0.15, 0.2) is 0 Å². The van der Waals surface area contributed by atoms with Crippen LogP contribution >= 0.6 is 11.3 Å². The smallest absolute Gasteiger partial charge is 0.259 e. The van der Waals surface area contributed by atoms with E-state index in [1.807, 2.05) is 26.0 Å². The van der Waals surface area contributed by atoms with E-state index in [1.54, 1.807) is 0 Å². The first-order valence-corrected chi connectivity index (χ1v) is 5.21. The van der Waals surface area contributed by atoms with E-state index < -0.39 is 0 Å². The molecule has 1 amide bonds. The van der Waals surface area contributed by atoms with Crippen molar-refractivity contribution in [1.29, 1.82) is 0 Å². The van der Waals surface area contributed by atoms with Gasteiger partial charge in [-0.05, 0) is 30.9 Å². The second-order valence-corrected chi connectivity index (χ2v) is 4.47. The van der Waals surface area contributed by atoms with Crippen LogP contribution in [-0.4, -0.2) is 5.91 Å². The first-order valence-electron chi connectivity index (χ1n) is 4.39. The minimum Gasteiger partial charge on any atom is -0.365 e. The van der Waals surface area contributed by atoms with Crippen LogP contribution in [0.15, 0.2) is 18.2 Å². The second kappa shape index (κ2) is 3.10. The van der Waals surface area contributed by atoms with Crippen LogP contribution in [0.5, 0.6) is 0 Å². The first kappa shape index (κ1) is 9.21. The largest absolute Gasteiger partial charge is 0.365 e. The number of benzene rings is 1. The Kier molecular flexibility index (Phi) is 2.04. The number of amides is 1. The average Bonchev–Trinajstić information content (AvgIpc) is 2.44. The molecule has 2 aromatic rings. The maximum Gasteiger partial charge on any atom is 0.259 e. The molecule has 0 radical (unpaired) electrons. The number of thiophene rings is 1. The standard InChI is InChI=1S/C11H11NOS/c1-6-3-4-9-8(5-6)7(2)10(14-9)11(12)13/h3-5H,1-2H3,(H2,12,13). The van der Waals surface area contributed by atoms with Crippen LogP contribution in [0.2, 0.25) is 0 Å². The Labute approximate surface area is 86.3 Å². The maximum atomic E-state index is 11.1. The highest BCUT2D eigenvalue weighted by molar-refractivity contribution is 7.21. The van der Waals surface area contributed by atoms with Crippen molar-refractivity contribution in [3.8, 4) is 0 Å². The van der Waals surface area contributed by atoms with Crippen molar-refractivity contribution >= 4 is 27.3 Å². The van der Waals surface area contributed by atoms with Crippen LogP contribution in [0.25, 0.3) is 10.1 Å². The van der Waals surface area contributed by atoms with Gasteiger partial charge in [0.1, 0.15) is 0 Å². The normalized spacial score (nSPS) is 10.7. The molecule has 2 N–H and O–H groups in total. The zero-order valence-corrected chi connectivity index (χ0v) is 8.94. The molecule has 0 aliphatic rings. The molecule has 14 heavy (non-hydrogen) atoms. The third-order valence-corrected chi connectivity index (χ3v) is 3.60. The minimum atomic E-state index is -0.332. The first-order chi connectivity index (χ1) is 6.59. The summed E-state index contributed by atoms with van der Waals surface area (Å²) in [6, 6.07) is 6.17. The predicted octanol–water partition coefficient (Wildman–Crippen LogP) is 2.62. The topological polar surface area (TPSA) is 43.1 Å². The van der Waals surface area contributed by atoms with E-state index in [9.17, 15) is 4.79 Å². The van der Waals surface area contributed by atoms with Gasteiger partial charge in [0.25, 0.3) is 5.91 Å². The summed E-state index contributed by atoms with van der Waals surface area (Å²) in [5, 5.41) is 1.14. The van der Waals surface area contributed by atoms with E-state index in [1.165, 1.54) is 16.9 Å². The third kappa shape index (κ3) is 1.30. The Bertz CT molecular complexity index is 513. The summed E-state index contributed by atoms with van der Waals surface area (Å²) in [6.07, 6.45) is 0. The van der Waals surface area contributed by atoms with Crippen molar-refractivity contribution in [3.05, 3.63) is 34.2 Å². The van der Waals surface area contributed by atoms with Gasteiger partial charge in [0.2, 0.25) is 0 Å².